The van der Waals surface area contributed by atoms with Crippen molar-refractivity contribution in [3.8, 4) is 0 Å². The topological polar surface area (TPSA) is 60.9 Å². The minimum Gasteiger partial charge on any atom is -0.343 e. The van der Waals surface area contributed by atoms with E-state index in [1.807, 2.05) is 64.2 Å². The number of piperidine rings is 2. The zero-order valence-corrected chi connectivity index (χ0v) is 23.9. The van der Waals surface area contributed by atoms with Crippen molar-refractivity contribution in [2.45, 2.75) is 38.1 Å². The number of rotatable bonds is 4. The van der Waals surface area contributed by atoms with Crippen molar-refractivity contribution in [2.75, 3.05) is 33.2 Å². The van der Waals surface area contributed by atoms with Crippen LogP contribution in [0.25, 0.3) is 10.1 Å². The Kier molecular flexibility index (Phi) is 7.98. The molecule has 0 aliphatic carbocycles. The highest BCUT2D eigenvalue weighted by molar-refractivity contribution is 7.20. The van der Waals surface area contributed by atoms with Crippen LogP contribution in [0.15, 0.2) is 48.5 Å². The Balaban J connectivity index is 1.38. The first-order valence-electron chi connectivity index (χ1n) is 13.0. The highest BCUT2D eigenvalue weighted by Gasteiger charge is 2.39. The number of thiophene rings is 1. The van der Waals surface area contributed by atoms with Crippen molar-refractivity contribution >= 4 is 62.3 Å². The lowest BCUT2D eigenvalue weighted by Gasteiger charge is -2.44. The zero-order chi connectivity index (χ0) is 27.0. The summed E-state index contributed by atoms with van der Waals surface area (Å²) in [5, 5.41) is 2.00. The summed E-state index contributed by atoms with van der Waals surface area (Å²) in [6.45, 7) is 3.89. The molecule has 9 heteroatoms. The molecule has 200 valence electrons. The quantitative estimate of drug-likeness (QED) is 0.390. The molecule has 2 saturated heterocycles. The van der Waals surface area contributed by atoms with Crippen LogP contribution < -0.4 is 0 Å². The molecule has 0 unspecified atom stereocenters. The van der Waals surface area contributed by atoms with Crippen LogP contribution >= 0.6 is 34.5 Å². The molecular weight excluding hydrogens is 541 g/mol. The molecule has 2 fully saturated rings. The third kappa shape index (κ3) is 5.42. The molecule has 3 heterocycles. The van der Waals surface area contributed by atoms with Gasteiger partial charge in [-0.2, -0.15) is 0 Å². The van der Waals surface area contributed by atoms with E-state index >= 15 is 0 Å². The number of hydrogen-bond donors (Lipinski definition) is 0. The lowest BCUT2D eigenvalue weighted by molar-refractivity contribution is -0.141. The van der Waals surface area contributed by atoms with E-state index in [0.29, 0.717) is 60.4 Å². The van der Waals surface area contributed by atoms with Crippen LogP contribution in [-0.4, -0.2) is 71.7 Å². The van der Waals surface area contributed by atoms with Gasteiger partial charge in [-0.05, 0) is 54.5 Å². The minimum absolute atomic E-state index is 0.0161. The molecule has 1 aromatic heterocycles. The Morgan fingerprint density at radius 2 is 1.63 bits per heavy atom. The van der Waals surface area contributed by atoms with Gasteiger partial charge in [0, 0.05) is 62.7 Å². The predicted molar refractivity (Wildman–Crippen MR) is 153 cm³/mol. The summed E-state index contributed by atoms with van der Waals surface area (Å²) in [5.41, 5.74) is 0.962. The Bertz CT molecular complexity index is 1340. The molecular formula is C29H31Cl2N3O3S. The van der Waals surface area contributed by atoms with Gasteiger partial charge in [-0.15, -0.1) is 11.3 Å². The second-order valence-corrected chi connectivity index (χ2v) is 12.2. The summed E-state index contributed by atoms with van der Waals surface area (Å²) in [6, 6.07) is 15.4. The van der Waals surface area contributed by atoms with E-state index in [0.717, 1.165) is 15.6 Å². The molecule has 6 nitrogen and oxygen atoms in total. The van der Waals surface area contributed by atoms with Crippen LogP contribution in [0.3, 0.4) is 0 Å². The monoisotopic (exact) mass is 571 g/mol. The maximum Gasteiger partial charge on any atom is 0.263 e. The Morgan fingerprint density at radius 1 is 0.921 bits per heavy atom. The lowest BCUT2D eigenvalue weighted by Crippen LogP contribution is -2.53. The van der Waals surface area contributed by atoms with Crippen molar-refractivity contribution < 1.29 is 14.4 Å². The Labute approximate surface area is 237 Å². The number of benzene rings is 2. The largest absolute Gasteiger partial charge is 0.343 e. The van der Waals surface area contributed by atoms with Gasteiger partial charge in [0.2, 0.25) is 11.8 Å². The number of likely N-dealkylation sites (tertiary alicyclic amines) is 2. The fourth-order valence-electron chi connectivity index (χ4n) is 5.79. The second-order valence-electron chi connectivity index (χ2n) is 10.3. The normalized spacial score (nSPS) is 20.5. The summed E-state index contributed by atoms with van der Waals surface area (Å²) in [4.78, 5) is 45.2. The van der Waals surface area contributed by atoms with E-state index in [2.05, 4.69) is 0 Å². The van der Waals surface area contributed by atoms with Crippen molar-refractivity contribution in [3.63, 3.8) is 0 Å². The summed E-state index contributed by atoms with van der Waals surface area (Å²) in [7, 11) is 1.86. The van der Waals surface area contributed by atoms with Crippen molar-refractivity contribution in [1.29, 1.82) is 0 Å². The standard InChI is InChI=1S/C29H31Cl2N3O3S/c1-18(35)33-12-9-19(10-13-33)28(36)34-14-11-25(22(17-34)20-7-8-23(30)24(31)15-20)32(2)29(37)27-16-21-5-3-4-6-26(21)38-27/h3-8,15-16,19,22,25H,9-14,17H2,1-2H3/t22-,25+/m0/s1. The molecule has 2 aliphatic rings. The SMILES string of the molecule is CC(=O)N1CCC(C(=O)N2CC[C@@H](N(C)C(=O)c3cc4ccccc4s3)[C@H](c3ccc(Cl)c(Cl)c3)C2)CC1. The summed E-state index contributed by atoms with van der Waals surface area (Å²) in [5.74, 6) is -0.0202. The molecule has 0 bridgehead atoms. The molecule has 2 aromatic carbocycles. The summed E-state index contributed by atoms with van der Waals surface area (Å²) in [6.07, 6.45) is 2.02. The number of hydrogen-bond acceptors (Lipinski definition) is 4. The van der Waals surface area contributed by atoms with Gasteiger partial charge in [-0.1, -0.05) is 47.5 Å². The molecule has 0 radical (unpaired) electrons. The number of likely N-dealkylation sites (N-methyl/N-ethyl adjacent to an activating group) is 1. The molecule has 0 N–H and O–H groups in total. The van der Waals surface area contributed by atoms with Crippen LogP contribution in [-0.2, 0) is 9.59 Å². The molecule has 0 spiro atoms. The van der Waals surface area contributed by atoms with Gasteiger partial charge in [0.1, 0.15) is 0 Å². The van der Waals surface area contributed by atoms with Gasteiger partial charge in [0.25, 0.3) is 5.91 Å². The fraction of sp³-hybridized carbons (Fsp3) is 0.414. The van der Waals surface area contributed by atoms with Gasteiger partial charge in [0.05, 0.1) is 14.9 Å². The fourth-order valence-corrected chi connectivity index (χ4v) is 7.14. The first-order valence-corrected chi connectivity index (χ1v) is 14.5. The van der Waals surface area contributed by atoms with Crippen molar-refractivity contribution in [1.82, 2.24) is 14.7 Å². The van der Waals surface area contributed by atoms with E-state index in [9.17, 15) is 14.4 Å². The second kappa shape index (κ2) is 11.2. The van der Waals surface area contributed by atoms with E-state index < -0.39 is 0 Å². The van der Waals surface area contributed by atoms with Crippen LogP contribution in [0.5, 0.6) is 0 Å². The smallest absolute Gasteiger partial charge is 0.263 e. The minimum atomic E-state index is -0.108. The Morgan fingerprint density at radius 3 is 2.32 bits per heavy atom. The Hall–Kier alpha value is -2.61. The van der Waals surface area contributed by atoms with E-state index in [-0.39, 0.29) is 35.6 Å². The number of carbonyl (C=O) groups excluding carboxylic acids is 3. The van der Waals surface area contributed by atoms with Gasteiger partial charge in [-0.25, -0.2) is 0 Å². The molecule has 3 aromatic rings. The van der Waals surface area contributed by atoms with Gasteiger partial charge in [0.15, 0.2) is 0 Å². The number of halogens is 2. The summed E-state index contributed by atoms with van der Waals surface area (Å²) < 4.78 is 1.08. The number of nitrogens with zero attached hydrogens (tertiary/aromatic N) is 3. The van der Waals surface area contributed by atoms with Gasteiger partial charge < -0.3 is 14.7 Å². The highest BCUT2D eigenvalue weighted by Crippen LogP contribution is 2.36. The van der Waals surface area contributed by atoms with Crippen LogP contribution in [0.2, 0.25) is 10.0 Å². The van der Waals surface area contributed by atoms with Gasteiger partial charge >= 0.3 is 0 Å². The highest BCUT2D eigenvalue weighted by atomic mass is 35.5. The van der Waals surface area contributed by atoms with Crippen molar-refractivity contribution in [2.24, 2.45) is 5.92 Å². The van der Waals surface area contributed by atoms with E-state index in [4.69, 9.17) is 23.2 Å². The van der Waals surface area contributed by atoms with E-state index in [1.165, 1.54) is 11.3 Å². The van der Waals surface area contributed by atoms with Crippen LogP contribution in [0, 0.1) is 5.92 Å². The number of amides is 3. The van der Waals surface area contributed by atoms with Crippen LogP contribution in [0.4, 0.5) is 0 Å². The predicted octanol–water partition coefficient (Wildman–Crippen LogP) is 5.92. The molecule has 5 rings (SSSR count). The van der Waals surface area contributed by atoms with E-state index in [1.54, 1.807) is 13.0 Å². The molecule has 2 atom stereocenters. The molecule has 0 saturated carbocycles. The third-order valence-corrected chi connectivity index (χ3v) is 9.85. The lowest BCUT2D eigenvalue weighted by atomic mass is 9.84. The molecule has 2 aliphatic heterocycles. The first-order chi connectivity index (χ1) is 18.2. The average Bonchev–Trinajstić information content (AvgIpc) is 3.37. The molecule has 38 heavy (non-hydrogen) atoms. The molecule has 3 amide bonds. The third-order valence-electron chi connectivity index (χ3n) is 8.00. The van der Waals surface area contributed by atoms with Gasteiger partial charge in [-0.3, -0.25) is 14.4 Å². The number of carbonyl (C=O) groups is 3. The number of fused-ring (bicyclic) bond motifs is 1. The first kappa shape index (κ1) is 27.0. The van der Waals surface area contributed by atoms with Crippen molar-refractivity contribution in [3.05, 3.63) is 69.0 Å². The van der Waals surface area contributed by atoms with Crippen LogP contribution in [0.1, 0.15) is 47.3 Å². The average molecular weight is 573 g/mol. The maximum absolute atomic E-state index is 13.6. The summed E-state index contributed by atoms with van der Waals surface area (Å²) >= 11 is 14.1. The zero-order valence-electron chi connectivity index (χ0n) is 21.5. The maximum atomic E-state index is 13.6.